The van der Waals surface area contributed by atoms with E-state index in [0.717, 1.165) is 36.7 Å². The predicted molar refractivity (Wildman–Crippen MR) is 109 cm³/mol. The molecule has 2 heterocycles. The molecule has 3 aliphatic rings. The first kappa shape index (κ1) is 21.0. The minimum Gasteiger partial charge on any atom is -0.387 e. The van der Waals surface area contributed by atoms with Gasteiger partial charge in [0.1, 0.15) is 18.0 Å². The molecule has 9 nitrogen and oxygen atoms in total. The number of nitrogens with two attached hydrogens (primary N) is 1. The Bertz CT molecular complexity index is 865. The number of carbonyl (C=O) groups is 1. The number of aliphatic hydroxyl groups excluding tert-OH is 2. The van der Waals surface area contributed by atoms with E-state index in [0.29, 0.717) is 19.0 Å². The molecular weight excluding hydrogens is 388 g/mol. The third kappa shape index (κ3) is 4.58. The molecule has 1 saturated carbocycles. The van der Waals surface area contributed by atoms with Gasteiger partial charge in [-0.2, -0.15) is 4.98 Å². The number of anilines is 1. The van der Waals surface area contributed by atoms with E-state index in [2.05, 4.69) is 11.1 Å². The molecule has 4 rings (SSSR count). The maximum atomic E-state index is 13.2. The van der Waals surface area contributed by atoms with E-state index < -0.39 is 30.2 Å². The minimum absolute atomic E-state index is 0.0459. The molecule has 4 N–H and O–H groups in total. The number of hydrogen-bond acceptors (Lipinski definition) is 7. The van der Waals surface area contributed by atoms with Crippen LogP contribution < -0.4 is 11.4 Å². The quantitative estimate of drug-likeness (QED) is 0.552. The molecule has 2 aliphatic carbocycles. The molecule has 4 atom stereocenters. The van der Waals surface area contributed by atoms with Gasteiger partial charge in [0.2, 0.25) is 0 Å². The molecule has 0 bridgehead atoms. The second kappa shape index (κ2) is 8.87. The first-order chi connectivity index (χ1) is 14.4. The van der Waals surface area contributed by atoms with Crippen LogP contribution in [0.5, 0.6) is 0 Å². The molecule has 1 amide bonds. The van der Waals surface area contributed by atoms with Gasteiger partial charge in [-0.3, -0.25) is 9.36 Å². The highest BCUT2D eigenvalue weighted by molar-refractivity contribution is 5.82. The van der Waals surface area contributed by atoms with Gasteiger partial charge in [-0.15, -0.1) is 0 Å². The number of aliphatic hydroxyl groups is 2. The summed E-state index contributed by atoms with van der Waals surface area (Å²) in [6, 6.07) is 1.40. The van der Waals surface area contributed by atoms with Crippen LogP contribution in [-0.4, -0.2) is 62.0 Å². The molecule has 2 fully saturated rings. The van der Waals surface area contributed by atoms with Gasteiger partial charge in [0, 0.05) is 19.3 Å². The van der Waals surface area contributed by atoms with Crippen molar-refractivity contribution in [3.8, 4) is 0 Å². The van der Waals surface area contributed by atoms with Crippen LogP contribution in [0.3, 0.4) is 0 Å². The molecule has 0 radical (unpaired) electrons. The highest BCUT2D eigenvalue weighted by Crippen LogP contribution is 2.33. The summed E-state index contributed by atoms with van der Waals surface area (Å²) in [5, 5.41) is 21.0. The molecule has 30 heavy (non-hydrogen) atoms. The van der Waals surface area contributed by atoms with Crippen LogP contribution in [-0.2, 0) is 9.53 Å². The zero-order valence-corrected chi connectivity index (χ0v) is 17.0. The lowest BCUT2D eigenvalue weighted by Crippen LogP contribution is -2.46. The van der Waals surface area contributed by atoms with Crippen molar-refractivity contribution in [2.45, 2.75) is 69.5 Å². The van der Waals surface area contributed by atoms with E-state index in [1.165, 1.54) is 30.7 Å². The number of amides is 1. The average molecular weight is 418 g/mol. The van der Waals surface area contributed by atoms with Gasteiger partial charge in [0.25, 0.3) is 5.91 Å². The van der Waals surface area contributed by atoms with Crippen LogP contribution >= 0.6 is 0 Å². The van der Waals surface area contributed by atoms with E-state index in [1.54, 1.807) is 4.90 Å². The van der Waals surface area contributed by atoms with Gasteiger partial charge in [0.15, 0.2) is 12.3 Å². The fourth-order valence-electron chi connectivity index (χ4n) is 4.21. The summed E-state index contributed by atoms with van der Waals surface area (Å²) in [4.78, 5) is 30.7. The molecule has 164 valence electrons. The summed E-state index contributed by atoms with van der Waals surface area (Å²) >= 11 is 0. The summed E-state index contributed by atoms with van der Waals surface area (Å²) in [6.07, 6.45) is 5.90. The van der Waals surface area contributed by atoms with Crippen LogP contribution in [0, 0.1) is 5.92 Å². The SMILES string of the molecule is Nc1ccn([C@@H]2O[C@H](C(=O)N(CCC3=CCCCC3)CC3CC3)[C@@H](O)[C@H]2O)c(=O)n1. The molecule has 1 aromatic heterocycles. The standard InChI is InChI=1S/C21H30N4O5/c22-15-9-11-25(21(29)23-15)20-17(27)16(26)18(30-20)19(28)24(12-14-6-7-14)10-8-13-4-2-1-3-5-13/h4,9,11,14,16-18,20,26-27H,1-3,5-8,10,12H2,(H2,22,23,29)/t16-,17+,18-,20+/m0/s1. The molecule has 9 heteroatoms. The number of hydrogen-bond donors (Lipinski definition) is 3. The van der Waals surface area contributed by atoms with E-state index in [9.17, 15) is 19.8 Å². The third-order valence-electron chi connectivity index (χ3n) is 6.18. The lowest BCUT2D eigenvalue weighted by molar-refractivity contribution is -0.149. The summed E-state index contributed by atoms with van der Waals surface area (Å²) in [5.74, 6) is 0.186. The topological polar surface area (TPSA) is 131 Å². The molecule has 0 spiro atoms. The zero-order valence-electron chi connectivity index (χ0n) is 17.0. The predicted octanol–water partition coefficient (Wildman–Crippen LogP) is 0.574. The lowest BCUT2D eigenvalue weighted by Gasteiger charge is -2.27. The van der Waals surface area contributed by atoms with Crippen molar-refractivity contribution >= 4 is 11.7 Å². The van der Waals surface area contributed by atoms with E-state index in [1.807, 2.05) is 0 Å². The van der Waals surface area contributed by atoms with E-state index in [4.69, 9.17) is 10.5 Å². The number of nitrogens with zero attached hydrogens (tertiary/aromatic N) is 3. The van der Waals surface area contributed by atoms with Crippen molar-refractivity contribution in [2.75, 3.05) is 18.8 Å². The Morgan fingerprint density at radius 2 is 2.10 bits per heavy atom. The van der Waals surface area contributed by atoms with Crippen molar-refractivity contribution < 1.29 is 19.7 Å². The second-order valence-corrected chi connectivity index (χ2v) is 8.56. The summed E-state index contributed by atoms with van der Waals surface area (Å²) < 4.78 is 6.76. The Labute approximate surface area is 175 Å². The number of nitrogen functional groups attached to an aromatic ring is 1. The van der Waals surface area contributed by atoms with Crippen molar-refractivity contribution in [1.82, 2.24) is 14.5 Å². The maximum Gasteiger partial charge on any atom is 0.351 e. The first-order valence-electron chi connectivity index (χ1n) is 10.8. The van der Waals surface area contributed by atoms with Gasteiger partial charge in [-0.05, 0) is 56.9 Å². The highest BCUT2D eigenvalue weighted by Gasteiger charge is 2.49. The van der Waals surface area contributed by atoms with Crippen molar-refractivity contribution in [3.63, 3.8) is 0 Å². The van der Waals surface area contributed by atoms with Gasteiger partial charge in [-0.1, -0.05) is 11.6 Å². The van der Waals surface area contributed by atoms with Gasteiger partial charge < -0.3 is 25.6 Å². The summed E-state index contributed by atoms with van der Waals surface area (Å²) in [5.41, 5.74) is 6.17. The maximum absolute atomic E-state index is 13.2. The van der Waals surface area contributed by atoms with Crippen LogP contribution in [0.1, 0.15) is 51.2 Å². The van der Waals surface area contributed by atoms with Crippen LogP contribution in [0.4, 0.5) is 5.82 Å². The van der Waals surface area contributed by atoms with E-state index >= 15 is 0 Å². The van der Waals surface area contributed by atoms with Crippen LogP contribution in [0.25, 0.3) is 0 Å². The molecule has 1 aromatic rings. The number of ether oxygens (including phenoxy) is 1. The fourth-order valence-corrected chi connectivity index (χ4v) is 4.21. The Kier molecular flexibility index (Phi) is 6.21. The van der Waals surface area contributed by atoms with Crippen molar-refractivity contribution in [1.29, 1.82) is 0 Å². The Morgan fingerprint density at radius 3 is 2.77 bits per heavy atom. The number of carbonyl (C=O) groups excluding carboxylic acids is 1. The Morgan fingerprint density at radius 1 is 1.30 bits per heavy atom. The van der Waals surface area contributed by atoms with E-state index in [-0.39, 0.29) is 11.7 Å². The van der Waals surface area contributed by atoms with Gasteiger partial charge in [-0.25, -0.2) is 4.79 Å². The monoisotopic (exact) mass is 418 g/mol. The third-order valence-corrected chi connectivity index (χ3v) is 6.18. The zero-order chi connectivity index (χ0) is 21.3. The van der Waals surface area contributed by atoms with Crippen molar-refractivity contribution in [3.05, 3.63) is 34.4 Å². The molecule has 1 saturated heterocycles. The van der Waals surface area contributed by atoms with Crippen LogP contribution in [0.2, 0.25) is 0 Å². The molecule has 0 aromatic carbocycles. The number of aromatic nitrogens is 2. The largest absolute Gasteiger partial charge is 0.387 e. The van der Waals surface area contributed by atoms with Gasteiger partial charge >= 0.3 is 5.69 Å². The van der Waals surface area contributed by atoms with Gasteiger partial charge in [0.05, 0.1) is 0 Å². The van der Waals surface area contributed by atoms with Crippen molar-refractivity contribution in [2.24, 2.45) is 5.92 Å². The molecular formula is C21H30N4O5. The summed E-state index contributed by atoms with van der Waals surface area (Å²) in [7, 11) is 0. The fraction of sp³-hybridized carbons (Fsp3) is 0.667. The molecule has 0 unspecified atom stereocenters. The number of rotatable bonds is 7. The second-order valence-electron chi connectivity index (χ2n) is 8.56. The Balaban J connectivity index is 1.47. The molecule has 1 aliphatic heterocycles. The first-order valence-corrected chi connectivity index (χ1v) is 10.8. The highest BCUT2D eigenvalue weighted by atomic mass is 16.6. The van der Waals surface area contributed by atoms with Crippen LogP contribution in [0.15, 0.2) is 28.7 Å². The minimum atomic E-state index is -1.43. The lowest BCUT2D eigenvalue weighted by atomic mass is 9.97. The smallest absolute Gasteiger partial charge is 0.351 e. The summed E-state index contributed by atoms with van der Waals surface area (Å²) in [6.45, 7) is 1.20. The normalized spacial score (nSPS) is 28.9. The Hall–Kier alpha value is -2.23. The number of allylic oxidation sites excluding steroid dienone is 1. The average Bonchev–Trinajstić information content (AvgIpc) is 3.51.